The van der Waals surface area contributed by atoms with Gasteiger partial charge in [-0.3, -0.25) is 4.57 Å². The van der Waals surface area contributed by atoms with Gasteiger partial charge < -0.3 is 10.1 Å². The van der Waals surface area contributed by atoms with Gasteiger partial charge in [0.25, 0.3) is 0 Å². The summed E-state index contributed by atoms with van der Waals surface area (Å²) in [6, 6.07) is 12.8. The Labute approximate surface area is 133 Å². The molecule has 0 saturated carbocycles. The van der Waals surface area contributed by atoms with Crippen LogP contribution < -0.4 is 10.1 Å². The molecule has 4 nitrogen and oxygen atoms in total. The van der Waals surface area contributed by atoms with Crippen molar-refractivity contribution in [3.05, 3.63) is 65.4 Å². The third-order valence-electron chi connectivity index (χ3n) is 3.91. The van der Waals surface area contributed by atoms with Crippen LogP contribution in [0.5, 0.6) is 5.75 Å². The highest BCUT2D eigenvalue weighted by Gasteiger charge is 2.19. The van der Waals surface area contributed by atoms with Gasteiger partial charge in [-0.2, -0.15) is 0 Å². The molecule has 1 N–H and O–H groups in total. The van der Waals surface area contributed by atoms with Crippen molar-refractivity contribution < 1.29 is 4.74 Å². The highest BCUT2D eigenvalue weighted by molar-refractivity contribution is 7.12. The van der Waals surface area contributed by atoms with Crippen molar-refractivity contribution in [2.45, 2.75) is 19.0 Å². The second-order valence-corrected chi connectivity index (χ2v) is 6.26. The molecule has 1 atom stereocenters. The molecule has 2 aromatic heterocycles. The summed E-state index contributed by atoms with van der Waals surface area (Å²) in [7, 11) is 0. The van der Waals surface area contributed by atoms with Crippen LogP contribution >= 0.6 is 11.3 Å². The topological polar surface area (TPSA) is 39.1 Å². The summed E-state index contributed by atoms with van der Waals surface area (Å²) >= 11 is 1.65. The second-order valence-electron chi connectivity index (χ2n) is 5.38. The zero-order chi connectivity index (χ0) is 14.8. The number of nitrogens with one attached hydrogen (secondary N) is 1. The maximum absolute atomic E-state index is 5.83. The summed E-state index contributed by atoms with van der Waals surface area (Å²) in [4.78, 5) is 4.37. The minimum atomic E-state index is 0.342. The van der Waals surface area contributed by atoms with E-state index in [9.17, 15) is 0 Å². The monoisotopic (exact) mass is 311 g/mol. The molecule has 1 aliphatic heterocycles. The molecule has 0 aliphatic carbocycles. The number of hydrogen-bond donors (Lipinski definition) is 1. The summed E-state index contributed by atoms with van der Waals surface area (Å²) in [6.45, 7) is 1.53. The van der Waals surface area contributed by atoms with Gasteiger partial charge >= 0.3 is 0 Å². The van der Waals surface area contributed by atoms with Crippen LogP contribution in [-0.4, -0.2) is 22.2 Å². The molecule has 0 radical (unpaired) electrons. The molecule has 1 unspecified atom stereocenters. The maximum Gasteiger partial charge on any atom is 0.193 e. The molecule has 22 heavy (non-hydrogen) atoms. The van der Waals surface area contributed by atoms with E-state index in [2.05, 4.69) is 45.3 Å². The zero-order valence-corrected chi connectivity index (χ0v) is 12.9. The minimum Gasteiger partial charge on any atom is -0.492 e. The number of para-hydroxylation sites is 1. The Morgan fingerprint density at radius 1 is 1.27 bits per heavy atom. The fourth-order valence-electron chi connectivity index (χ4n) is 2.79. The average molecular weight is 311 g/mol. The van der Waals surface area contributed by atoms with Gasteiger partial charge in [0.2, 0.25) is 0 Å². The van der Waals surface area contributed by atoms with E-state index in [1.54, 1.807) is 11.3 Å². The largest absolute Gasteiger partial charge is 0.492 e. The Hall–Kier alpha value is -2.11. The first kappa shape index (κ1) is 13.5. The van der Waals surface area contributed by atoms with E-state index in [0.717, 1.165) is 30.5 Å². The highest BCUT2D eigenvalue weighted by Crippen LogP contribution is 2.24. The minimum absolute atomic E-state index is 0.342. The van der Waals surface area contributed by atoms with Gasteiger partial charge in [-0.05, 0) is 30.2 Å². The SMILES string of the molecule is c1ccc2c(c1)CC(NCc1cccn1-c1nccs1)CO2. The van der Waals surface area contributed by atoms with Crippen LogP contribution in [0, 0.1) is 0 Å². The fraction of sp³-hybridized carbons (Fsp3) is 0.235. The van der Waals surface area contributed by atoms with Gasteiger partial charge in [-0.25, -0.2) is 4.98 Å². The maximum atomic E-state index is 5.83. The van der Waals surface area contributed by atoms with E-state index in [1.165, 1.54) is 11.3 Å². The van der Waals surface area contributed by atoms with Crippen molar-refractivity contribution in [2.75, 3.05) is 6.61 Å². The zero-order valence-electron chi connectivity index (χ0n) is 12.1. The molecule has 1 aliphatic rings. The number of fused-ring (bicyclic) bond motifs is 1. The number of aromatic nitrogens is 2. The molecule has 4 rings (SSSR count). The number of hydrogen-bond acceptors (Lipinski definition) is 4. The van der Waals surface area contributed by atoms with Crippen LogP contribution in [-0.2, 0) is 13.0 Å². The lowest BCUT2D eigenvalue weighted by molar-refractivity contribution is 0.237. The van der Waals surface area contributed by atoms with Gasteiger partial charge in [0, 0.05) is 36.1 Å². The third-order valence-corrected chi connectivity index (χ3v) is 4.68. The Morgan fingerprint density at radius 3 is 3.14 bits per heavy atom. The standard InChI is InChI=1S/C17H17N3OS/c1-2-6-16-13(4-1)10-14(12-21-16)19-11-15-5-3-8-20(15)17-18-7-9-22-17/h1-9,14,19H,10-12H2. The van der Waals surface area contributed by atoms with E-state index < -0.39 is 0 Å². The summed E-state index contributed by atoms with van der Waals surface area (Å²) in [5.74, 6) is 1.02. The average Bonchev–Trinajstić information content (AvgIpc) is 3.23. The van der Waals surface area contributed by atoms with E-state index in [4.69, 9.17) is 4.74 Å². The molecular formula is C17H17N3OS. The lowest BCUT2D eigenvalue weighted by atomic mass is 10.0. The molecule has 0 fully saturated rings. The molecule has 5 heteroatoms. The van der Waals surface area contributed by atoms with Crippen molar-refractivity contribution in [1.29, 1.82) is 0 Å². The molecule has 1 aromatic carbocycles. The van der Waals surface area contributed by atoms with Crippen LogP contribution in [0.4, 0.5) is 0 Å². The van der Waals surface area contributed by atoms with Crippen molar-refractivity contribution in [1.82, 2.24) is 14.9 Å². The summed E-state index contributed by atoms with van der Waals surface area (Å²) in [6.07, 6.45) is 4.90. The molecule has 0 saturated heterocycles. The summed E-state index contributed by atoms with van der Waals surface area (Å²) in [5.41, 5.74) is 2.50. The predicted molar refractivity (Wildman–Crippen MR) is 87.7 cm³/mol. The molecule has 3 heterocycles. The number of nitrogens with zero attached hydrogens (tertiary/aromatic N) is 2. The first-order valence-electron chi connectivity index (χ1n) is 7.40. The Morgan fingerprint density at radius 2 is 2.23 bits per heavy atom. The normalized spacial score (nSPS) is 17.0. The molecular weight excluding hydrogens is 294 g/mol. The van der Waals surface area contributed by atoms with Gasteiger partial charge in [-0.1, -0.05) is 18.2 Å². The van der Waals surface area contributed by atoms with Crippen molar-refractivity contribution in [3.63, 3.8) is 0 Å². The van der Waals surface area contributed by atoms with Crippen molar-refractivity contribution in [3.8, 4) is 10.9 Å². The van der Waals surface area contributed by atoms with E-state index >= 15 is 0 Å². The second kappa shape index (κ2) is 5.94. The molecule has 3 aromatic rings. The predicted octanol–water partition coefficient (Wildman–Crippen LogP) is 3.03. The first-order chi connectivity index (χ1) is 10.9. The van der Waals surface area contributed by atoms with E-state index in [0.29, 0.717) is 6.04 Å². The van der Waals surface area contributed by atoms with Crippen LogP contribution in [0.2, 0.25) is 0 Å². The summed E-state index contributed by atoms with van der Waals surface area (Å²) < 4.78 is 7.96. The lowest BCUT2D eigenvalue weighted by Gasteiger charge is -2.26. The smallest absolute Gasteiger partial charge is 0.193 e. The number of ether oxygens (including phenoxy) is 1. The Kier molecular flexibility index (Phi) is 3.66. The number of rotatable bonds is 4. The van der Waals surface area contributed by atoms with Crippen molar-refractivity contribution >= 4 is 11.3 Å². The quantitative estimate of drug-likeness (QED) is 0.805. The Balaban J connectivity index is 1.43. The molecule has 0 spiro atoms. The number of thiazole rings is 1. The van der Waals surface area contributed by atoms with Crippen LogP contribution in [0.1, 0.15) is 11.3 Å². The van der Waals surface area contributed by atoms with Gasteiger partial charge in [0.05, 0.1) is 0 Å². The Bertz CT molecular complexity index is 751. The summed E-state index contributed by atoms with van der Waals surface area (Å²) in [5, 5.41) is 6.60. The molecule has 0 bridgehead atoms. The van der Waals surface area contributed by atoms with Gasteiger partial charge in [-0.15, -0.1) is 11.3 Å². The number of benzene rings is 1. The third kappa shape index (κ3) is 2.65. The van der Waals surface area contributed by atoms with E-state index in [1.807, 2.05) is 23.7 Å². The highest BCUT2D eigenvalue weighted by atomic mass is 32.1. The van der Waals surface area contributed by atoms with Crippen molar-refractivity contribution in [2.24, 2.45) is 0 Å². The van der Waals surface area contributed by atoms with Crippen LogP contribution in [0.3, 0.4) is 0 Å². The van der Waals surface area contributed by atoms with E-state index in [-0.39, 0.29) is 0 Å². The van der Waals surface area contributed by atoms with Gasteiger partial charge in [0.15, 0.2) is 5.13 Å². The van der Waals surface area contributed by atoms with Crippen LogP contribution in [0.15, 0.2) is 54.2 Å². The first-order valence-corrected chi connectivity index (χ1v) is 8.28. The van der Waals surface area contributed by atoms with Gasteiger partial charge in [0.1, 0.15) is 12.4 Å². The molecule has 112 valence electrons. The lowest BCUT2D eigenvalue weighted by Crippen LogP contribution is -2.39. The fourth-order valence-corrected chi connectivity index (χ4v) is 3.45. The molecule has 0 amide bonds. The van der Waals surface area contributed by atoms with Crippen LogP contribution in [0.25, 0.3) is 5.13 Å².